The molecule has 1 fully saturated rings. The highest BCUT2D eigenvalue weighted by molar-refractivity contribution is 5.36. The molecule has 2 aliphatic heterocycles. The maximum absolute atomic E-state index is 13.1. The summed E-state index contributed by atoms with van der Waals surface area (Å²) in [4.78, 5) is 0. The molecule has 0 unspecified atom stereocenters. The van der Waals surface area contributed by atoms with Gasteiger partial charge in [0.25, 0.3) is 0 Å². The molecule has 2 heterocycles. The van der Waals surface area contributed by atoms with E-state index in [1.54, 1.807) is 12.1 Å². The largest absolute Gasteiger partial charge is 0.487 e. The van der Waals surface area contributed by atoms with Crippen LogP contribution in [0.25, 0.3) is 0 Å². The molecule has 1 saturated heterocycles. The first kappa shape index (κ1) is 11.9. The molecule has 98 valence electrons. The lowest BCUT2D eigenvalue weighted by atomic mass is 9.99. The third-order valence-electron chi connectivity index (χ3n) is 3.44. The van der Waals surface area contributed by atoms with Crippen LogP contribution in [-0.2, 0) is 15.9 Å². The molecule has 2 aliphatic rings. The minimum absolute atomic E-state index is 0.00950. The predicted molar refractivity (Wildman–Crippen MR) is 64.0 cm³/mol. The Balaban J connectivity index is 1.74. The number of benzene rings is 1. The quantitative estimate of drug-likeness (QED) is 0.769. The van der Waals surface area contributed by atoms with Crippen molar-refractivity contribution in [2.75, 3.05) is 6.61 Å². The fourth-order valence-corrected chi connectivity index (χ4v) is 2.54. The van der Waals surface area contributed by atoms with Gasteiger partial charge in [0.1, 0.15) is 23.8 Å². The number of hydrogen-bond donors (Lipinski definition) is 0. The topological polar surface area (TPSA) is 27.7 Å². The summed E-state index contributed by atoms with van der Waals surface area (Å²) in [7, 11) is 0. The summed E-state index contributed by atoms with van der Waals surface area (Å²) in [5.74, 6) is 0.0234. The molecular weight excluding hydrogens is 235 g/mol. The molecule has 0 N–H and O–H groups in total. The van der Waals surface area contributed by atoms with E-state index >= 15 is 0 Å². The van der Waals surface area contributed by atoms with E-state index in [2.05, 4.69) is 0 Å². The first-order valence-electron chi connectivity index (χ1n) is 6.30. The number of fused-ring (bicyclic) bond motifs is 1. The summed E-state index contributed by atoms with van der Waals surface area (Å²) in [5, 5.41) is 0. The van der Waals surface area contributed by atoms with Gasteiger partial charge in [-0.25, -0.2) is 4.39 Å². The molecule has 1 aromatic carbocycles. The van der Waals surface area contributed by atoms with Crippen LogP contribution in [0.4, 0.5) is 4.39 Å². The monoisotopic (exact) mass is 252 g/mol. The second-order valence-electron chi connectivity index (χ2n) is 5.31. The van der Waals surface area contributed by atoms with E-state index in [0.29, 0.717) is 6.61 Å². The Kier molecular flexibility index (Phi) is 2.79. The molecule has 0 radical (unpaired) electrons. The molecule has 0 saturated carbocycles. The van der Waals surface area contributed by atoms with Crippen molar-refractivity contribution in [3.05, 3.63) is 29.6 Å². The average molecular weight is 252 g/mol. The van der Waals surface area contributed by atoms with Crippen LogP contribution in [0, 0.1) is 5.82 Å². The molecule has 0 aromatic heterocycles. The van der Waals surface area contributed by atoms with Crippen LogP contribution in [0.3, 0.4) is 0 Å². The molecule has 3 rings (SSSR count). The van der Waals surface area contributed by atoms with E-state index in [1.165, 1.54) is 6.07 Å². The summed E-state index contributed by atoms with van der Waals surface area (Å²) >= 11 is 0. The molecule has 0 amide bonds. The van der Waals surface area contributed by atoms with Crippen LogP contribution in [-0.4, -0.2) is 24.6 Å². The Bertz CT molecular complexity index is 458. The SMILES string of the molecule is CC1(C)OC[C@H]([C@@H]2CCc3cc(F)ccc3O2)O1. The first-order chi connectivity index (χ1) is 8.53. The Labute approximate surface area is 106 Å². The third-order valence-corrected chi connectivity index (χ3v) is 3.44. The lowest BCUT2D eigenvalue weighted by molar-refractivity contribution is -0.149. The molecule has 4 heteroatoms. The summed E-state index contributed by atoms with van der Waals surface area (Å²) in [6, 6.07) is 4.66. The summed E-state index contributed by atoms with van der Waals surface area (Å²) in [5.41, 5.74) is 0.935. The minimum atomic E-state index is -0.531. The van der Waals surface area contributed by atoms with Gasteiger partial charge in [0.05, 0.1) is 6.61 Å². The van der Waals surface area contributed by atoms with Gasteiger partial charge in [0, 0.05) is 0 Å². The van der Waals surface area contributed by atoms with E-state index < -0.39 is 5.79 Å². The van der Waals surface area contributed by atoms with Gasteiger partial charge in [0.15, 0.2) is 5.79 Å². The van der Waals surface area contributed by atoms with Crippen molar-refractivity contribution in [3.8, 4) is 5.75 Å². The van der Waals surface area contributed by atoms with Gasteiger partial charge >= 0.3 is 0 Å². The van der Waals surface area contributed by atoms with Crippen molar-refractivity contribution in [2.24, 2.45) is 0 Å². The molecule has 2 atom stereocenters. The lowest BCUT2D eigenvalue weighted by Crippen LogP contribution is -2.37. The zero-order valence-corrected chi connectivity index (χ0v) is 10.6. The third kappa shape index (κ3) is 2.22. The summed E-state index contributed by atoms with van der Waals surface area (Å²) in [6.45, 7) is 4.35. The Morgan fingerprint density at radius 2 is 2.11 bits per heavy atom. The maximum Gasteiger partial charge on any atom is 0.163 e. The predicted octanol–water partition coefficient (Wildman–Crippen LogP) is 2.67. The van der Waals surface area contributed by atoms with Gasteiger partial charge < -0.3 is 14.2 Å². The number of aryl methyl sites for hydroxylation is 1. The van der Waals surface area contributed by atoms with Gasteiger partial charge in [-0.1, -0.05) is 0 Å². The van der Waals surface area contributed by atoms with E-state index in [1.807, 2.05) is 13.8 Å². The fraction of sp³-hybridized carbons (Fsp3) is 0.571. The zero-order chi connectivity index (χ0) is 12.8. The van der Waals surface area contributed by atoms with Gasteiger partial charge in [-0.15, -0.1) is 0 Å². The second-order valence-corrected chi connectivity index (χ2v) is 5.31. The molecule has 0 bridgehead atoms. The Morgan fingerprint density at radius 3 is 2.83 bits per heavy atom. The fourth-order valence-electron chi connectivity index (χ4n) is 2.54. The molecular formula is C14H17FO3. The van der Waals surface area contributed by atoms with Crippen molar-refractivity contribution >= 4 is 0 Å². The Hall–Kier alpha value is -1.13. The van der Waals surface area contributed by atoms with Crippen molar-refractivity contribution in [3.63, 3.8) is 0 Å². The zero-order valence-electron chi connectivity index (χ0n) is 10.6. The van der Waals surface area contributed by atoms with E-state index in [4.69, 9.17) is 14.2 Å². The smallest absolute Gasteiger partial charge is 0.163 e. The first-order valence-corrected chi connectivity index (χ1v) is 6.30. The van der Waals surface area contributed by atoms with E-state index in [-0.39, 0.29) is 18.0 Å². The molecule has 18 heavy (non-hydrogen) atoms. The van der Waals surface area contributed by atoms with Crippen molar-refractivity contribution in [2.45, 2.75) is 44.7 Å². The van der Waals surface area contributed by atoms with Crippen molar-refractivity contribution < 1.29 is 18.6 Å². The van der Waals surface area contributed by atoms with Crippen LogP contribution < -0.4 is 4.74 Å². The molecule has 3 nitrogen and oxygen atoms in total. The number of ether oxygens (including phenoxy) is 3. The van der Waals surface area contributed by atoms with Crippen LogP contribution in [0.15, 0.2) is 18.2 Å². The second kappa shape index (κ2) is 4.21. The van der Waals surface area contributed by atoms with Crippen molar-refractivity contribution in [1.29, 1.82) is 0 Å². The van der Waals surface area contributed by atoms with Gasteiger partial charge in [-0.05, 0) is 50.5 Å². The minimum Gasteiger partial charge on any atom is -0.487 e. The Morgan fingerprint density at radius 1 is 1.28 bits per heavy atom. The molecule has 0 aliphatic carbocycles. The van der Waals surface area contributed by atoms with Gasteiger partial charge in [-0.2, -0.15) is 0 Å². The molecule has 0 spiro atoms. The van der Waals surface area contributed by atoms with E-state index in [0.717, 1.165) is 24.2 Å². The van der Waals surface area contributed by atoms with Crippen LogP contribution >= 0.6 is 0 Å². The highest BCUT2D eigenvalue weighted by Gasteiger charge is 2.39. The number of halogens is 1. The maximum atomic E-state index is 13.1. The van der Waals surface area contributed by atoms with Crippen molar-refractivity contribution in [1.82, 2.24) is 0 Å². The van der Waals surface area contributed by atoms with Crippen LogP contribution in [0.5, 0.6) is 5.75 Å². The summed E-state index contributed by atoms with van der Waals surface area (Å²) < 4.78 is 30.3. The highest BCUT2D eigenvalue weighted by atomic mass is 19.1. The van der Waals surface area contributed by atoms with Gasteiger partial charge in [-0.3, -0.25) is 0 Å². The average Bonchev–Trinajstić information content (AvgIpc) is 2.69. The number of rotatable bonds is 1. The van der Waals surface area contributed by atoms with E-state index in [9.17, 15) is 4.39 Å². The van der Waals surface area contributed by atoms with Gasteiger partial charge in [0.2, 0.25) is 0 Å². The standard InChI is InChI=1S/C14H17FO3/c1-14(2)16-8-13(18-14)12-5-3-9-7-10(15)4-6-11(9)17-12/h4,6-7,12-13H,3,5,8H2,1-2H3/t12-,13+/m0/s1. The summed E-state index contributed by atoms with van der Waals surface area (Å²) in [6.07, 6.45) is 1.60. The van der Waals surface area contributed by atoms with Crippen LogP contribution in [0.2, 0.25) is 0 Å². The molecule has 1 aromatic rings. The number of hydrogen-bond acceptors (Lipinski definition) is 3. The normalized spacial score (nSPS) is 29.7. The lowest BCUT2D eigenvalue weighted by Gasteiger charge is -2.30. The van der Waals surface area contributed by atoms with Crippen LogP contribution in [0.1, 0.15) is 25.8 Å². The highest BCUT2D eigenvalue weighted by Crippen LogP contribution is 2.33.